The van der Waals surface area contributed by atoms with Crippen molar-refractivity contribution in [1.29, 1.82) is 0 Å². The summed E-state index contributed by atoms with van der Waals surface area (Å²) >= 11 is 0. The van der Waals surface area contributed by atoms with Crippen LogP contribution >= 0.6 is 0 Å². The molecule has 0 saturated heterocycles. The van der Waals surface area contributed by atoms with Gasteiger partial charge in [0.25, 0.3) is 0 Å². The molecule has 1 fully saturated rings. The van der Waals surface area contributed by atoms with Crippen molar-refractivity contribution in [1.82, 2.24) is 0 Å². The molecule has 1 saturated carbocycles. The van der Waals surface area contributed by atoms with Gasteiger partial charge in [-0.15, -0.1) is 0 Å². The molecule has 3 nitrogen and oxygen atoms in total. The molecule has 0 aliphatic heterocycles. The minimum absolute atomic E-state index is 0.177. The Labute approximate surface area is 112 Å². The van der Waals surface area contributed by atoms with Gasteiger partial charge >= 0.3 is 5.97 Å². The Morgan fingerprint density at radius 3 is 2.39 bits per heavy atom. The van der Waals surface area contributed by atoms with Gasteiger partial charge in [-0.3, -0.25) is 4.79 Å². The first-order valence-corrected chi connectivity index (χ1v) is 9.84. The smallest absolute Gasteiger partial charge is 0.302 e. The first kappa shape index (κ1) is 15.7. The molecule has 4 heteroatoms. The van der Waals surface area contributed by atoms with E-state index in [0.717, 1.165) is 19.3 Å². The Balaban J connectivity index is 2.41. The lowest BCUT2D eigenvalue weighted by Gasteiger charge is -2.38. The lowest BCUT2D eigenvalue weighted by Crippen LogP contribution is -2.43. The van der Waals surface area contributed by atoms with Crippen LogP contribution in [-0.2, 0) is 14.0 Å². The van der Waals surface area contributed by atoms with E-state index in [-0.39, 0.29) is 11.0 Å². The summed E-state index contributed by atoms with van der Waals surface area (Å²) < 4.78 is 11.5. The second-order valence-corrected chi connectivity index (χ2v) is 11.7. The quantitative estimate of drug-likeness (QED) is 0.577. The minimum atomic E-state index is -1.65. The van der Waals surface area contributed by atoms with Crippen LogP contribution in [-0.4, -0.2) is 27.0 Å². The topological polar surface area (TPSA) is 35.5 Å². The van der Waals surface area contributed by atoms with Crippen molar-refractivity contribution in [2.24, 2.45) is 5.92 Å². The van der Waals surface area contributed by atoms with Crippen molar-refractivity contribution < 1.29 is 14.0 Å². The van der Waals surface area contributed by atoms with Crippen LogP contribution in [0.2, 0.25) is 18.1 Å². The molecular formula is C14H28O3Si. The van der Waals surface area contributed by atoms with E-state index in [2.05, 4.69) is 33.9 Å². The summed E-state index contributed by atoms with van der Waals surface area (Å²) in [5.41, 5.74) is 0. The van der Waals surface area contributed by atoms with Crippen molar-refractivity contribution in [2.75, 3.05) is 6.61 Å². The predicted molar refractivity (Wildman–Crippen MR) is 76.0 cm³/mol. The molecule has 0 aromatic heterocycles. The van der Waals surface area contributed by atoms with Crippen LogP contribution in [0.25, 0.3) is 0 Å². The molecule has 0 bridgehead atoms. The third kappa shape index (κ3) is 4.39. The zero-order valence-corrected chi connectivity index (χ0v) is 13.7. The van der Waals surface area contributed by atoms with Crippen molar-refractivity contribution in [3.05, 3.63) is 0 Å². The molecule has 1 aliphatic rings. The summed E-state index contributed by atoms with van der Waals surface area (Å²) in [6, 6.07) is 0. The fraction of sp³-hybridized carbons (Fsp3) is 0.929. The van der Waals surface area contributed by atoms with Gasteiger partial charge in [0.1, 0.15) is 0 Å². The van der Waals surface area contributed by atoms with Crippen LogP contribution in [0.4, 0.5) is 0 Å². The summed E-state index contributed by atoms with van der Waals surface area (Å²) in [7, 11) is -1.65. The Morgan fingerprint density at radius 1 is 1.28 bits per heavy atom. The highest BCUT2D eigenvalue weighted by Gasteiger charge is 2.40. The molecule has 0 unspecified atom stereocenters. The van der Waals surface area contributed by atoms with Crippen LogP contribution in [0.1, 0.15) is 47.0 Å². The number of rotatable bonds is 4. The van der Waals surface area contributed by atoms with E-state index in [1.165, 1.54) is 6.92 Å². The second kappa shape index (κ2) is 5.74. The van der Waals surface area contributed by atoms with Gasteiger partial charge in [-0.2, -0.15) is 0 Å². The van der Waals surface area contributed by atoms with Crippen molar-refractivity contribution >= 4 is 14.3 Å². The van der Waals surface area contributed by atoms with Crippen molar-refractivity contribution in [2.45, 2.75) is 71.2 Å². The van der Waals surface area contributed by atoms with Gasteiger partial charge in [0.05, 0.1) is 6.61 Å². The molecule has 106 valence electrons. The van der Waals surface area contributed by atoms with Crippen LogP contribution in [0.3, 0.4) is 0 Å². The van der Waals surface area contributed by atoms with Gasteiger partial charge in [-0.1, -0.05) is 20.8 Å². The molecule has 0 aromatic rings. The molecule has 1 aliphatic carbocycles. The SMILES string of the molecule is CC(=O)OC[C@H]1CC[C@H](O[Si](C)(C)C(C)(C)C)C1. The summed E-state index contributed by atoms with van der Waals surface area (Å²) in [5, 5.41) is 0.265. The van der Waals surface area contributed by atoms with E-state index in [4.69, 9.17) is 9.16 Å². The van der Waals surface area contributed by atoms with Crippen LogP contribution in [0.15, 0.2) is 0 Å². The van der Waals surface area contributed by atoms with E-state index in [0.29, 0.717) is 18.6 Å². The highest BCUT2D eigenvalue weighted by atomic mass is 28.4. The Kier molecular flexibility index (Phi) is 5.01. The first-order valence-electron chi connectivity index (χ1n) is 6.93. The summed E-state index contributed by atoms with van der Waals surface area (Å²) in [6.07, 6.45) is 3.64. The number of hydrogen-bond acceptors (Lipinski definition) is 3. The molecule has 1 rings (SSSR count). The van der Waals surface area contributed by atoms with Crippen LogP contribution < -0.4 is 0 Å². The zero-order valence-electron chi connectivity index (χ0n) is 12.7. The van der Waals surface area contributed by atoms with E-state index < -0.39 is 8.32 Å². The highest BCUT2D eigenvalue weighted by Crippen LogP contribution is 2.40. The van der Waals surface area contributed by atoms with Gasteiger partial charge in [0.2, 0.25) is 0 Å². The molecule has 0 spiro atoms. The lowest BCUT2D eigenvalue weighted by molar-refractivity contribution is -0.142. The maximum Gasteiger partial charge on any atom is 0.302 e. The zero-order chi connectivity index (χ0) is 14.0. The highest BCUT2D eigenvalue weighted by molar-refractivity contribution is 6.74. The molecule has 2 atom stereocenters. The fourth-order valence-corrected chi connectivity index (χ4v) is 3.52. The minimum Gasteiger partial charge on any atom is -0.466 e. The molecule has 0 heterocycles. The maximum atomic E-state index is 10.8. The Bertz CT molecular complexity index is 294. The summed E-state index contributed by atoms with van der Waals surface area (Å²) in [4.78, 5) is 10.8. The Hall–Kier alpha value is -0.353. The average Bonchev–Trinajstić information content (AvgIpc) is 2.60. The molecule has 0 amide bonds. The first-order chi connectivity index (χ1) is 8.12. The normalized spacial score (nSPS) is 25.2. The second-order valence-electron chi connectivity index (χ2n) is 6.98. The van der Waals surface area contributed by atoms with Crippen LogP contribution in [0.5, 0.6) is 0 Å². The van der Waals surface area contributed by atoms with Gasteiger partial charge in [0, 0.05) is 13.0 Å². The molecule has 0 N–H and O–H groups in total. The van der Waals surface area contributed by atoms with E-state index in [9.17, 15) is 4.79 Å². The molecule has 0 aromatic carbocycles. The largest absolute Gasteiger partial charge is 0.466 e. The number of esters is 1. The number of hydrogen-bond donors (Lipinski definition) is 0. The monoisotopic (exact) mass is 272 g/mol. The predicted octanol–water partition coefficient (Wildman–Crippen LogP) is 3.74. The van der Waals surface area contributed by atoms with Crippen molar-refractivity contribution in [3.63, 3.8) is 0 Å². The third-order valence-electron chi connectivity index (χ3n) is 4.28. The van der Waals surface area contributed by atoms with Crippen molar-refractivity contribution in [3.8, 4) is 0 Å². The number of carbonyl (C=O) groups excluding carboxylic acids is 1. The van der Waals surface area contributed by atoms with Crippen LogP contribution in [0, 0.1) is 5.92 Å². The average molecular weight is 272 g/mol. The standard InChI is InChI=1S/C14H28O3Si/c1-11(15)16-10-12-7-8-13(9-12)17-18(5,6)14(2,3)4/h12-13H,7-10H2,1-6H3/t12-,13-/m0/s1. The number of carbonyl (C=O) groups is 1. The van der Waals surface area contributed by atoms with E-state index >= 15 is 0 Å². The van der Waals surface area contributed by atoms with Gasteiger partial charge < -0.3 is 9.16 Å². The summed E-state index contributed by atoms with van der Waals surface area (Å²) in [5.74, 6) is 0.312. The summed E-state index contributed by atoms with van der Waals surface area (Å²) in [6.45, 7) is 13.4. The van der Waals surface area contributed by atoms with Gasteiger partial charge in [0.15, 0.2) is 8.32 Å². The Morgan fingerprint density at radius 2 is 1.89 bits per heavy atom. The molecular weight excluding hydrogens is 244 g/mol. The maximum absolute atomic E-state index is 10.8. The number of ether oxygens (including phenoxy) is 1. The molecule has 0 radical (unpaired) electrons. The van der Waals surface area contributed by atoms with Gasteiger partial charge in [-0.05, 0) is 43.3 Å². The van der Waals surface area contributed by atoms with E-state index in [1.54, 1.807) is 0 Å². The third-order valence-corrected chi connectivity index (χ3v) is 8.82. The molecule has 18 heavy (non-hydrogen) atoms. The lowest BCUT2D eigenvalue weighted by atomic mass is 10.1. The fourth-order valence-electron chi connectivity index (χ4n) is 2.12. The van der Waals surface area contributed by atoms with Gasteiger partial charge in [-0.25, -0.2) is 0 Å². The van der Waals surface area contributed by atoms with E-state index in [1.807, 2.05) is 0 Å².